The molecule has 1 amide bonds. The smallest absolute Gasteiger partial charge is 0.250 e. The van der Waals surface area contributed by atoms with Crippen molar-refractivity contribution in [2.24, 2.45) is 5.73 Å². The van der Waals surface area contributed by atoms with E-state index in [0.717, 1.165) is 23.8 Å². The number of rotatable bonds is 6. The molecule has 122 valence electrons. The number of nitrogens with one attached hydrogen (secondary N) is 1. The normalized spacial score (nSPS) is 13.4. The van der Waals surface area contributed by atoms with Crippen molar-refractivity contribution in [2.75, 3.05) is 0 Å². The zero-order chi connectivity index (χ0) is 16.8. The summed E-state index contributed by atoms with van der Waals surface area (Å²) in [5.41, 5.74) is 6.93. The molecule has 4 N–H and O–H groups in total. The summed E-state index contributed by atoms with van der Waals surface area (Å²) in [7, 11) is 0. The first-order chi connectivity index (χ1) is 11.0. The van der Waals surface area contributed by atoms with E-state index in [1.807, 2.05) is 30.3 Å². The molecule has 23 heavy (non-hydrogen) atoms. The van der Waals surface area contributed by atoms with Gasteiger partial charge in [0.05, 0.1) is 0 Å². The number of benzene rings is 2. The van der Waals surface area contributed by atoms with Gasteiger partial charge >= 0.3 is 0 Å². The maximum atomic E-state index is 13.1. The molecule has 0 aliphatic carbocycles. The van der Waals surface area contributed by atoms with Gasteiger partial charge in [-0.15, -0.1) is 0 Å². The van der Waals surface area contributed by atoms with Crippen LogP contribution >= 0.6 is 0 Å². The Balaban J connectivity index is 1.90. The van der Waals surface area contributed by atoms with Gasteiger partial charge in [0, 0.05) is 18.7 Å². The van der Waals surface area contributed by atoms with Crippen molar-refractivity contribution in [1.82, 2.24) is 5.32 Å². The van der Waals surface area contributed by atoms with Gasteiger partial charge in [0.2, 0.25) is 0 Å². The molecule has 0 heterocycles. The minimum absolute atomic E-state index is 0.0192. The molecule has 0 fully saturated rings. The van der Waals surface area contributed by atoms with E-state index in [1.165, 1.54) is 0 Å². The lowest BCUT2D eigenvalue weighted by molar-refractivity contribution is -0.130. The summed E-state index contributed by atoms with van der Waals surface area (Å²) in [6.07, 6.45) is -1.49. The van der Waals surface area contributed by atoms with Gasteiger partial charge in [0.1, 0.15) is 17.7 Å². The number of hydrogen-bond acceptors (Lipinski definition) is 3. The highest BCUT2D eigenvalue weighted by molar-refractivity contribution is 5.81. The Bertz CT molecular complexity index is 645. The van der Waals surface area contributed by atoms with Crippen LogP contribution in [0.25, 0.3) is 0 Å². The summed E-state index contributed by atoms with van der Waals surface area (Å²) in [6, 6.07) is 11.2. The monoisotopic (exact) mass is 320 g/mol. The molecule has 0 bridgehead atoms. The molecule has 2 aromatic rings. The van der Waals surface area contributed by atoms with Crippen LogP contribution in [0.3, 0.4) is 0 Å². The van der Waals surface area contributed by atoms with E-state index in [9.17, 15) is 18.7 Å². The van der Waals surface area contributed by atoms with E-state index in [0.29, 0.717) is 0 Å². The average molecular weight is 320 g/mol. The molecule has 0 saturated carbocycles. The number of aliphatic hydroxyl groups excluding tert-OH is 1. The van der Waals surface area contributed by atoms with E-state index in [-0.39, 0.29) is 18.5 Å². The summed E-state index contributed by atoms with van der Waals surface area (Å²) < 4.78 is 26.2. The lowest BCUT2D eigenvalue weighted by atomic mass is 10.0. The number of nitrogens with two attached hydrogens (primary N) is 1. The van der Waals surface area contributed by atoms with Crippen LogP contribution in [0.15, 0.2) is 48.5 Å². The van der Waals surface area contributed by atoms with Crippen LogP contribution < -0.4 is 11.1 Å². The van der Waals surface area contributed by atoms with E-state index in [1.54, 1.807) is 0 Å². The van der Waals surface area contributed by atoms with Crippen molar-refractivity contribution in [1.29, 1.82) is 0 Å². The average Bonchev–Trinajstić information content (AvgIpc) is 2.51. The first-order valence-corrected chi connectivity index (χ1v) is 7.16. The van der Waals surface area contributed by atoms with Crippen molar-refractivity contribution in [3.05, 3.63) is 71.3 Å². The third-order valence-corrected chi connectivity index (χ3v) is 3.38. The number of carbonyl (C=O) groups is 1. The van der Waals surface area contributed by atoms with Crippen molar-refractivity contribution in [3.63, 3.8) is 0 Å². The minimum Gasteiger partial charge on any atom is -0.382 e. The molecule has 0 radical (unpaired) electrons. The quantitative estimate of drug-likeness (QED) is 0.755. The van der Waals surface area contributed by atoms with Gasteiger partial charge in [-0.3, -0.25) is 4.79 Å². The first kappa shape index (κ1) is 17.1. The Kier molecular flexibility index (Phi) is 5.78. The number of carbonyl (C=O) groups excluding carboxylic acids is 1. The molecule has 2 atom stereocenters. The number of hydrogen-bond donors (Lipinski definition) is 3. The molecule has 2 rings (SSSR count). The molecule has 4 nitrogen and oxygen atoms in total. The number of amides is 1. The van der Waals surface area contributed by atoms with Crippen LogP contribution in [0.2, 0.25) is 0 Å². The molecule has 0 aliphatic heterocycles. The highest BCUT2D eigenvalue weighted by Crippen LogP contribution is 2.11. The molecule has 1 unspecified atom stereocenters. The Labute approximate surface area is 132 Å². The molecule has 6 heteroatoms. The van der Waals surface area contributed by atoms with Gasteiger partial charge in [0.25, 0.3) is 5.91 Å². The second-order valence-electron chi connectivity index (χ2n) is 5.29. The predicted octanol–water partition coefficient (Wildman–Crippen LogP) is 1.51. The lowest BCUT2D eigenvalue weighted by Gasteiger charge is -2.18. The summed E-state index contributed by atoms with van der Waals surface area (Å²) >= 11 is 0. The van der Waals surface area contributed by atoms with E-state index >= 15 is 0 Å². The highest BCUT2D eigenvalue weighted by Gasteiger charge is 2.23. The second kappa shape index (κ2) is 7.80. The zero-order valence-electron chi connectivity index (χ0n) is 12.4. The fraction of sp³-hybridized carbons (Fsp3) is 0.235. The van der Waals surface area contributed by atoms with Crippen molar-refractivity contribution in [3.8, 4) is 0 Å². The Morgan fingerprint density at radius 1 is 1.09 bits per heavy atom. The molecular weight excluding hydrogens is 302 g/mol. The molecule has 0 aliphatic rings. The van der Waals surface area contributed by atoms with Crippen molar-refractivity contribution < 1.29 is 18.7 Å². The van der Waals surface area contributed by atoms with Gasteiger partial charge < -0.3 is 16.2 Å². The maximum Gasteiger partial charge on any atom is 0.250 e. The number of aliphatic hydroxyl groups is 1. The van der Waals surface area contributed by atoms with Crippen LogP contribution in [0.4, 0.5) is 8.78 Å². The van der Waals surface area contributed by atoms with Crippen LogP contribution in [-0.4, -0.2) is 23.2 Å². The molecule has 2 aromatic carbocycles. The molecular formula is C17H18F2N2O2. The van der Waals surface area contributed by atoms with Gasteiger partial charge in [-0.1, -0.05) is 30.3 Å². The summed E-state index contributed by atoms with van der Waals surface area (Å²) in [6.45, 7) is 0.262. The highest BCUT2D eigenvalue weighted by atomic mass is 19.1. The third kappa shape index (κ3) is 5.12. The molecule has 0 spiro atoms. The topological polar surface area (TPSA) is 75.3 Å². The standard InChI is InChI=1S/C17H18F2N2O2/c18-13-6-12(7-14(19)9-13)8-15(20)16(22)17(23)21-10-11-4-2-1-3-5-11/h1-7,9,15-16,22H,8,10,20H2,(H,21,23)/t15-,16?/m0/s1. The van der Waals surface area contributed by atoms with Crippen molar-refractivity contribution >= 4 is 5.91 Å². The van der Waals surface area contributed by atoms with Gasteiger partial charge in [-0.25, -0.2) is 8.78 Å². The Morgan fingerprint density at radius 3 is 2.30 bits per heavy atom. The Hall–Kier alpha value is -2.31. The maximum absolute atomic E-state index is 13.1. The van der Waals surface area contributed by atoms with Crippen molar-refractivity contribution in [2.45, 2.75) is 25.1 Å². The second-order valence-corrected chi connectivity index (χ2v) is 5.29. The zero-order valence-corrected chi connectivity index (χ0v) is 12.4. The van der Waals surface area contributed by atoms with Crippen LogP contribution in [0, 0.1) is 11.6 Å². The van der Waals surface area contributed by atoms with Crippen LogP contribution in [0.1, 0.15) is 11.1 Å². The summed E-state index contributed by atoms with van der Waals surface area (Å²) in [5, 5.41) is 12.5. The van der Waals surface area contributed by atoms with E-state index in [4.69, 9.17) is 5.73 Å². The fourth-order valence-electron chi connectivity index (χ4n) is 2.20. The molecule has 0 saturated heterocycles. The van der Waals surface area contributed by atoms with E-state index in [2.05, 4.69) is 5.32 Å². The fourth-order valence-corrected chi connectivity index (χ4v) is 2.20. The third-order valence-electron chi connectivity index (χ3n) is 3.38. The van der Waals surface area contributed by atoms with Gasteiger partial charge in [-0.2, -0.15) is 0 Å². The predicted molar refractivity (Wildman–Crippen MR) is 82.3 cm³/mol. The van der Waals surface area contributed by atoms with Gasteiger partial charge in [0.15, 0.2) is 0 Å². The Morgan fingerprint density at radius 2 is 1.70 bits per heavy atom. The lowest BCUT2D eigenvalue weighted by Crippen LogP contribution is -2.47. The SMILES string of the molecule is N[C@@H](Cc1cc(F)cc(F)c1)C(O)C(=O)NCc1ccccc1. The van der Waals surface area contributed by atoms with Gasteiger partial charge in [-0.05, 0) is 29.7 Å². The van der Waals surface area contributed by atoms with Crippen LogP contribution in [-0.2, 0) is 17.8 Å². The molecule has 0 aromatic heterocycles. The minimum atomic E-state index is -1.47. The largest absolute Gasteiger partial charge is 0.382 e. The van der Waals surface area contributed by atoms with E-state index < -0.39 is 29.7 Å². The summed E-state index contributed by atoms with van der Waals surface area (Å²) in [4.78, 5) is 11.9. The number of halogens is 2. The van der Waals surface area contributed by atoms with Crippen LogP contribution in [0.5, 0.6) is 0 Å². The summed E-state index contributed by atoms with van der Waals surface area (Å²) in [5.74, 6) is -2.08. The first-order valence-electron chi connectivity index (χ1n) is 7.16.